The van der Waals surface area contributed by atoms with E-state index in [0.29, 0.717) is 27.8 Å². The highest BCUT2D eigenvalue weighted by Gasteiger charge is 2.13. The Labute approximate surface area is 149 Å². The molecule has 120 valence electrons. The molecule has 0 saturated carbocycles. The number of halogens is 2. The molecular formula is C15H9BrClN5O2. The van der Waals surface area contributed by atoms with Gasteiger partial charge in [0, 0.05) is 9.50 Å². The van der Waals surface area contributed by atoms with Gasteiger partial charge in [-0.15, -0.1) is 15.3 Å². The van der Waals surface area contributed by atoms with Crippen molar-refractivity contribution in [2.75, 3.05) is 0 Å². The van der Waals surface area contributed by atoms with E-state index >= 15 is 0 Å². The molecule has 0 spiro atoms. The van der Waals surface area contributed by atoms with E-state index in [9.17, 15) is 0 Å². The van der Waals surface area contributed by atoms with Gasteiger partial charge in [-0.05, 0) is 51.5 Å². The third-order valence-electron chi connectivity index (χ3n) is 3.26. The highest BCUT2D eigenvalue weighted by atomic mass is 79.9. The summed E-state index contributed by atoms with van der Waals surface area (Å²) in [6.07, 6.45) is 0. The number of aromatic nitrogens is 5. The summed E-state index contributed by atoms with van der Waals surface area (Å²) in [6, 6.07) is 12.8. The molecule has 24 heavy (non-hydrogen) atoms. The highest BCUT2D eigenvalue weighted by molar-refractivity contribution is 9.10. The number of nitrogens with zero attached hydrogens (tertiary/aromatic N) is 5. The quantitative estimate of drug-likeness (QED) is 0.516. The molecule has 0 aliphatic heterocycles. The third kappa shape index (κ3) is 2.85. The highest BCUT2D eigenvalue weighted by Crippen LogP contribution is 2.26. The van der Waals surface area contributed by atoms with E-state index in [4.69, 9.17) is 20.9 Å². The predicted octanol–water partition coefficient (Wildman–Crippen LogP) is 3.53. The molecule has 9 heteroatoms. The Balaban J connectivity index is 1.54. The van der Waals surface area contributed by atoms with Gasteiger partial charge in [0.05, 0.1) is 5.56 Å². The van der Waals surface area contributed by atoms with E-state index in [-0.39, 0.29) is 6.61 Å². The second kappa shape index (κ2) is 6.21. The van der Waals surface area contributed by atoms with Crippen molar-refractivity contribution in [1.82, 2.24) is 25.4 Å². The maximum Gasteiger partial charge on any atom is 0.257 e. The van der Waals surface area contributed by atoms with Gasteiger partial charge in [0.25, 0.3) is 5.89 Å². The number of hydrogen-bond donors (Lipinski definition) is 0. The van der Waals surface area contributed by atoms with Crippen molar-refractivity contribution in [2.24, 2.45) is 0 Å². The molecule has 2 aromatic heterocycles. The van der Waals surface area contributed by atoms with Crippen LogP contribution in [-0.2, 0) is 6.61 Å². The first-order chi connectivity index (χ1) is 11.7. The molecule has 2 heterocycles. The third-order valence-corrected chi connectivity index (χ3v) is 4.19. The molecule has 0 N–H and O–H groups in total. The summed E-state index contributed by atoms with van der Waals surface area (Å²) in [6.45, 7) is 0.0580. The zero-order chi connectivity index (χ0) is 16.5. The fourth-order valence-corrected chi connectivity index (χ4v) is 2.76. The first kappa shape index (κ1) is 15.1. The van der Waals surface area contributed by atoms with E-state index < -0.39 is 0 Å². The van der Waals surface area contributed by atoms with E-state index in [0.717, 1.165) is 10.0 Å². The molecule has 4 rings (SSSR count). The second-order valence-electron chi connectivity index (χ2n) is 4.85. The molecule has 0 saturated heterocycles. The molecule has 0 bridgehead atoms. The summed E-state index contributed by atoms with van der Waals surface area (Å²) in [7, 11) is 0. The lowest BCUT2D eigenvalue weighted by molar-refractivity contribution is 0.0618. The summed E-state index contributed by atoms with van der Waals surface area (Å²) < 4.78 is 6.49. The van der Waals surface area contributed by atoms with Crippen LogP contribution < -0.4 is 4.84 Å². The van der Waals surface area contributed by atoms with Crippen molar-refractivity contribution in [3.63, 3.8) is 0 Å². The molecule has 0 amide bonds. The maximum absolute atomic E-state index is 5.98. The summed E-state index contributed by atoms with van der Waals surface area (Å²) in [5.74, 6) is 0.735. The smallest absolute Gasteiger partial charge is 0.257 e. The van der Waals surface area contributed by atoms with Gasteiger partial charge in [0.15, 0.2) is 6.61 Å². The van der Waals surface area contributed by atoms with Gasteiger partial charge in [0.2, 0.25) is 5.89 Å². The van der Waals surface area contributed by atoms with Gasteiger partial charge in [-0.2, -0.15) is 0 Å². The zero-order valence-electron chi connectivity index (χ0n) is 12.1. The Bertz CT molecular complexity index is 1020. The van der Waals surface area contributed by atoms with Crippen molar-refractivity contribution in [3.8, 4) is 11.5 Å². The average molecular weight is 407 g/mol. The van der Waals surface area contributed by atoms with Crippen LogP contribution >= 0.6 is 27.5 Å². The van der Waals surface area contributed by atoms with Crippen LogP contribution in [0.25, 0.3) is 22.5 Å². The first-order valence-corrected chi connectivity index (χ1v) is 8.09. The molecule has 0 fully saturated rings. The molecule has 0 radical (unpaired) electrons. The monoisotopic (exact) mass is 405 g/mol. The van der Waals surface area contributed by atoms with Gasteiger partial charge < -0.3 is 9.25 Å². The van der Waals surface area contributed by atoms with Gasteiger partial charge in [-0.1, -0.05) is 28.6 Å². The van der Waals surface area contributed by atoms with Crippen molar-refractivity contribution in [2.45, 2.75) is 6.61 Å². The summed E-state index contributed by atoms with van der Waals surface area (Å²) >= 11 is 9.43. The minimum absolute atomic E-state index is 0.0580. The lowest BCUT2D eigenvalue weighted by Gasteiger charge is -2.02. The van der Waals surface area contributed by atoms with Gasteiger partial charge >= 0.3 is 0 Å². The average Bonchev–Trinajstić information content (AvgIpc) is 3.20. The number of rotatable bonds is 4. The van der Waals surface area contributed by atoms with Crippen LogP contribution in [0.2, 0.25) is 5.02 Å². The standard InChI is InChI=1S/C15H9BrClN5O2/c16-11-4-2-1-3-10(11)15-20-19-14(24-15)8-23-22-13-7-9(17)5-6-12(13)18-21-22/h1-7H,8H2. The van der Waals surface area contributed by atoms with Crippen LogP contribution in [0.15, 0.2) is 51.4 Å². The molecule has 0 aliphatic rings. The van der Waals surface area contributed by atoms with Gasteiger partial charge in [0.1, 0.15) is 11.0 Å². The van der Waals surface area contributed by atoms with Crippen LogP contribution in [0.3, 0.4) is 0 Å². The fraction of sp³-hybridized carbons (Fsp3) is 0.0667. The van der Waals surface area contributed by atoms with Crippen molar-refractivity contribution in [3.05, 3.63) is 57.9 Å². The van der Waals surface area contributed by atoms with Crippen molar-refractivity contribution >= 4 is 38.6 Å². The van der Waals surface area contributed by atoms with E-state index in [1.807, 2.05) is 24.3 Å². The molecule has 0 aliphatic carbocycles. The van der Waals surface area contributed by atoms with Gasteiger partial charge in [-0.25, -0.2) is 0 Å². The fourth-order valence-electron chi connectivity index (χ4n) is 2.14. The van der Waals surface area contributed by atoms with Crippen molar-refractivity contribution in [1.29, 1.82) is 0 Å². The minimum atomic E-state index is 0.0580. The largest absolute Gasteiger partial charge is 0.417 e. The summed E-state index contributed by atoms with van der Waals surface area (Å²) in [4.78, 5) is 6.84. The molecule has 4 aromatic rings. The van der Waals surface area contributed by atoms with Crippen LogP contribution in [0.4, 0.5) is 0 Å². The first-order valence-electron chi connectivity index (χ1n) is 6.92. The molecule has 2 aromatic carbocycles. The topological polar surface area (TPSA) is 78.9 Å². The van der Waals surface area contributed by atoms with Crippen LogP contribution in [0.1, 0.15) is 5.89 Å². The van der Waals surface area contributed by atoms with Crippen LogP contribution in [-0.4, -0.2) is 25.4 Å². The summed E-state index contributed by atoms with van der Waals surface area (Å²) in [5, 5.41) is 16.5. The maximum atomic E-state index is 5.98. The molecular weight excluding hydrogens is 398 g/mol. The second-order valence-corrected chi connectivity index (χ2v) is 6.14. The number of fused-ring (bicyclic) bond motifs is 1. The Kier molecular flexibility index (Phi) is 3.91. The van der Waals surface area contributed by atoms with E-state index in [1.165, 1.54) is 4.85 Å². The van der Waals surface area contributed by atoms with E-state index in [1.54, 1.807) is 18.2 Å². The van der Waals surface area contributed by atoms with Gasteiger partial charge in [-0.3, -0.25) is 0 Å². The lowest BCUT2D eigenvalue weighted by atomic mass is 10.2. The predicted molar refractivity (Wildman–Crippen MR) is 90.3 cm³/mol. The number of hydrogen-bond acceptors (Lipinski definition) is 6. The van der Waals surface area contributed by atoms with E-state index in [2.05, 4.69) is 36.4 Å². The lowest BCUT2D eigenvalue weighted by Crippen LogP contribution is -2.13. The Morgan fingerprint density at radius 3 is 2.88 bits per heavy atom. The molecule has 0 unspecified atom stereocenters. The van der Waals surface area contributed by atoms with Crippen LogP contribution in [0, 0.1) is 0 Å². The Hall–Kier alpha value is -2.45. The molecule has 0 atom stereocenters. The Morgan fingerprint density at radius 1 is 1.12 bits per heavy atom. The van der Waals surface area contributed by atoms with Crippen molar-refractivity contribution < 1.29 is 9.25 Å². The van der Waals surface area contributed by atoms with Crippen LogP contribution in [0.5, 0.6) is 0 Å². The molecule has 7 nitrogen and oxygen atoms in total. The number of benzene rings is 2. The zero-order valence-corrected chi connectivity index (χ0v) is 14.4. The Morgan fingerprint density at radius 2 is 2.00 bits per heavy atom. The summed E-state index contributed by atoms with van der Waals surface area (Å²) in [5.41, 5.74) is 2.15. The normalized spacial score (nSPS) is 11.1. The SMILES string of the molecule is Clc1ccc2nnn(OCc3nnc(-c4ccccc4Br)o3)c2c1. The minimum Gasteiger partial charge on any atom is -0.417 e.